The van der Waals surface area contributed by atoms with Crippen molar-refractivity contribution in [2.24, 2.45) is 0 Å². The van der Waals surface area contributed by atoms with Crippen molar-refractivity contribution in [1.82, 2.24) is 14.8 Å². The number of aryl methyl sites for hydroxylation is 1. The molecule has 0 unspecified atom stereocenters. The smallest absolute Gasteiger partial charge is 0.210 e. The van der Waals surface area contributed by atoms with Crippen molar-refractivity contribution in [2.45, 2.75) is 13.5 Å². The maximum absolute atomic E-state index is 8.84. The van der Waals surface area contributed by atoms with Gasteiger partial charge >= 0.3 is 0 Å². The first-order valence-electron chi connectivity index (χ1n) is 3.87. The molecule has 0 bridgehead atoms. The van der Waals surface area contributed by atoms with Gasteiger partial charge in [-0.2, -0.15) is 5.10 Å². The van der Waals surface area contributed by atoms with E-state index in [0.29, 0.717) is 0 Å². The van der Waals surface area contributed by atoms with Crippen LogP contribution in [-0.2, 0) is 6.61 Å². The minimum Gasteiger partial charge on any atom is -0.391 e. The maximum Gasteiger partial charge on any atom is 0.210 e. The van der Waals surface area contributed by atoms with E-state index in [4.69, 9.17) is 5.11 Å². The molecule has 0 amide bonds. The first-order valence-corrected chi connectivity index (χ1v) is 4.68. The fourth-order valence-electron chi connectivity index (χ4n) is 0.994. The van der Waals surface area contributed by atoms with Crippen molar-refractivity contribution in [2.75, 3.05) is 0 Å². The number of hydrogen-bond donors (Lipinski definition) is 1. The Balaban J connectivity index is 2.35. The van der Waals surface area contributed by atoms with Gasteiger partial charge in [-0.25, -0.2) is 9.67 Å². The summed E-state index contributed by atoms with van der Waals surface area (Å²) in [5.74, 6) is 0. The van der Waals surface area contributed by atoms with Crippen LogP contribution < -0.4 is 0 Å². The topological polar surface area (TPSA) is 50.9 Å². The van der Waals surface area contributed by atoms with Crippen LogP contribution in [0.4, 0.5) is 0 Å². The fraction of sp³-hybridized carbons (Fsp3) is 0.250. The number of rotatable bonds is 2. The lowest BCUT2D eigenvalue weighted by Gasteiger charge is -1.91. The van der Waals surface area contributed by atoms with Crippen LogP contribution >= 0.6 is 11.3 Å². The van der Waals surface area contributed by atoms with Crippen LogP contribution in [0.2, 0.25) is 0 Å². The Morgan fingerprint density at radius 2 is 2.38 bits per heavy atom. The van der Waals surface area contributed by atoms with E-state index in [1.807, 2.05) is 13.1 Å². The molecular formula is C8H9N3OS. The minimum atomic E-state index is 0.0396. The Kier molecular flexibility index (Phi) is 2.12. The van der Waals surface area contributed by atoms with Gasteiger partial charge in [-0.1, -0.05) is 11.3 Å². The van der Waals surface area contributed by atoms with Crippen LogP contribution in [0.15, 0.2) is 18.6 Å². The summed E-state index contributed by atoms with van der Waals surface area (Å²) in [4.78, 5) is 4.98. The third kappa shape index (κ3) is 1.61. The first-order chi connectivity index (χ1) is 6.29. The molecule has 0 atom stereocenters. The van der Waals surface area contributed by atoms with E-state index in [-0.39, 0.29) is 6.61 Å². The molecule has 0 aliphatic heterocycles. The molecule has 2 aromatic heterocycles. The quantitative estimate of drug-likeness (QED) is 0.781. The summed E-state index contributed by atoms with van der Waals surface area (Å²) in [7, 11) is 0. The van der Waals surface area contributed by atoms with Gasteiger partial charge in [0.1, 0.15) is 0 Å². The third-order valence-corrected chi connectivity index (χ3v) is 2.58. The Morgan fingerprint density at radius 1 is 1.54 bits per heavy atom. The highest BCUT2D eigenvalue weighted by molar-refractivity contribution is 7.14. The molecule has 0 saturated carbocycles. The van der Waals surface area contributed by atoms with Gasteiger partial charge in [-0.05, 0) is 12.5 Å². The normalized spacial score (nSPS) is 10.6. The number of aliphatic hydroxyl groups is 1. The highest BCUT2D eigenvalue weighted by Gasteiger charge is 2.03. The van der Waals surface area contributed by atoms with Gasteiger partial charge in [0, 0.05) is 12.4 Å². The summed E-state index contributed by atoms with van der Waals surface area (Å²) in [6.45, 7) is 2.02. The van der Waals surface area contributed by atoms with Crippen LogP contribution in [0.25, 0.3) is 5.13 Å². The first kappa shape index (κ1) is 8.40. The lowest BCUT2D eigenvalue weighted by Crippen LogP contribution is -1.91. The van der Waals surface area contributed by atoms with Crippen LogP contribution in [0.5, 0.6) is 0 Å². The third-order valence-electron chi connectivity index (χ3n) is 1.60. The Morgan fingerprint density at radius 3 is 2.92 bits per heavy atom. The molecule has 0 aliphatic carbocycles. The van der Waals surface area contributed by atoms with Crippen LogP contribution in [-0.4, -0.2) is 19.9 Å². The average Bonchev–Trinajstić information content (AvgIpc) is 2.71. The molecule has 13 heavy (non-hydrogen) atoms. The minimum absolute atomic E-state index is 0.0396. The molecule has 0 aromatic carbocycles. The van der Waals surface area contributed by atoms with Crippen molar-refractivity contribution < 1.29 is 5.11 Å². The molecule has 0 spiro atoms. The molecule has 1 N–H and O–H groups in total. The molecular weight excluding hydrogens is 186 g/mol. The van der Waals surface area contributed by atoms with Gasteiger partial charge in [0.25, 0.3) is 0 Å². The van der Waals surface area contributed by atoms with E-state index in [1.54, 1.807) is 17.1 Å². The highest BCUT2D eigenvalue weighted by Crippen LogP contribution is 2.16. The summed E-state index contributed by atoms with van der Waals surface area (Å²) >= 11 is 1.44. The molecule has 68 valence electrons. The number of aliphatic hydroxyl groups excluding tert-OH is 1. The van der Waals surface area contributed by atoms with Gasteiger partial charge in [-0.3, -0.25) is 0 Å². The Labute approximate surface area is 79.5 Å². The molecule has 0 fully saturated rings. The second-order valence-electron chi connectivity index (χ2n) is 2.73. The Bertz CT molecular complexity index is 407. The molecule has 0 radical (unpaired) electrons. The number of hydrogen-bond acceptors (Lipinski definition) is 4. The lowest BCUT2D eigenvalue weighted by atomic mass is 10.4. The largest absolute Gasteiger partial charge is 0.391 e. The van der Waals surface area contributed by atoms with Gasteiger partial charge in [0.05, 0.1) is 17.7 Å². The summed E-state index contributed by atoms with van der Waals surface area (Å²) in [6, 6.07) is 0. The van der Waals surface area contributed by atoms with Gasteiger partial charge in [-0.15, -0.1) is 0 Å². The van der Waals surface area contributed by atoms with Crippen molar-refractivity contribution in [3.05, 3.63) is 29.0 Å². The fourth-order valence-corrected chi connectivity index (χ4v) is 1.70. The molecule has 0 aliphatic rings. The number of nitrogens with zero attached hydrogens (tertiary/aromatic N) is 3. The number of aromatic nitrogens is 3. The SMILES string of the molecule is Cc1cnn(-c2ncc(CO)s2)c1. The zero-order valence-corrected chi connectivity index (χ0v) is 7.95. The summed E-state index contributed by atoms with van der Waals surface area (Å²) in [6.07, 6.45) is 5.34. The van der Waals surface area contributed by atoms with E-state index >= 15 is 0 Å². The molecule has 0 saturated heterocycles. The second kappa shape index (κ2) is 3.27. The van der Waals surface area contributed by atoms with Gasteiger partial charge < -0.3 is 5.11 Å². The second-order valence-corrected chi connectivity index (χ2v) is 3.82. The van der Waals surface area contributed by atoms with Crippen LogP contribution in [0.1, 0.15) is 10.4 Å². The predicted octanol–water partition coefficient (Wildman–Crippen LogP) is 1.13. The summed E-state index contributed by atoms with van der Waals surface area (Å²) in [5.41, 5.74) is 1.10. The highest BCUT2D eigenvalue weighted by atomic mass is 32.1. The van der Waals surface area contributed by atoms with E-state index in [1.165, 1.54) is 11.3 Å². The zero-order valence-electron chi connectivity index (χ0n) is 7.14. The van der Waals surface area contributed by atoms with Crippen molar-refractivity contribution in [3.63, 3.8) is 0 Å². The van der Waals surface area contributed by atoms with E-state index in [9.17, 15) is 0 Å². The molecule has 2 rings (SSSR count). The average molecular weight is 195 g/mol. The van der Waals surface area contributed by atoms with E-state index in [0.717, 1.165) is 15.6 Å². The van der Waals surface area contributed by atoms with Crippen LogP contribution in [0, 0.1) is 6.92 Å². The zero-order chi connectivity index (χ0) is 9.26. The monoisotopic (exact) mass is 195 g/mol. The maximum atomic E-state index is 8.84. The lowest BCUT2D eigenvalue weighted by molar-refractivity contribution is 0.285. The molecule has 2 heterocycles. The van der Waals surface area contributed by atoms with Gasteiger partial charge in [0.15, 0.2) is 0 Å². The molecule has 2 aromatic rings. The summed E-state index contributed by atoms with van der Waals surface area (Å²) < 4.78 is 1.71. The molecule has 4 nitrogen and oxygen atoms in total. The Hall–Kier alpha value is -1.20. The standard InChI is InChI=1S/C8H9N3OS/c1-6-2-10-11(4-6)8-9-3-7(5-12)13-8/h2-4,12H,5H2,1H3. The van der Waals surface area contributed by atoms with E-state index < -0.39 is 0 Å². The number of thiazole rings is 1. The van der Waals surface area contributed by atoms with Crippen molar-refractivity contribution >= 4 is 11.3 Å². The van der Waals surface area contributed by atoms with Crippen molar-refractivity contribution in [1.29, 1.82) is 0 Å². The van der Waals surface area contributed by atoms with Crippen LogP contribution in [0.3, 0.4) is 0 Å². The predicted molar refractivity (Wildman–Crippen MR) is 49.9 cm³/mol. The van der Waals surface area contributed by atoms with Crippen molar-refractivity contribution in [3.8, 4) is 5.13 Å². The summed E-state index contributed by atoms with van der Waals surface area (Å²) in [5, 5.41) is 13.7. The molecule has 5 heteroatoms. The van der Waals surface area contributed by atoms with E-state index in [2.05, 4.69) is 10.1 Å². The van der Waals surface area contributed by atoms with Gasteiger partial charge in [0.2, 0.25) is 5.13 Å².